The number of aromatic nitrogens is 1. The Morgan fingerprint density at radius 2 is 1.74 bits per heavy atom. The van der Waals surface area contributed by atoms with E-state index in [4.69, 9.17) is 9.47 Å². The molecule has 0 saturated heterocycles. The van der Waals surface area contributed by atoms with Crippen LogP contribution in [-0.4, -0.2) is 24.3 Å². The van der Waals surface area contributed by atoms with E-state index in [0.717, 1.165) is 27.8 Å². The highest BCUT2D eigenvalue weighted by molar-refractivity contribution is 5.95. The molecule has 5 heteroatoms. The van der Waals surface area contributed by atoms with Crippen molar-refractivity contribution in [2.45, 2.75) is 6.92 Å². The fraction of sp³-hybridized carbons (Fsp3) is 0.167. The molecule has 118 valence electrons. The summed E-state index contributed by atoms with van der Waals surface area (Å²) in [6.45, 7) is 1.86. The fourth-order valence-electron chi connectivity index (χ4n) is 2.42. The first-order valence-electron chi connectivity index (χ1n) is 7.19. The van der Waals surface area contributed by atoms with Gasteiger partial charge in [0.1, 0.15) is 5.75 Å². The Hall–Kier alpha value is -2.95. The van der Waals surface area contributed by atoms with Gasteiger partial charge in [-0.15, -0.1) is 0 Å². The third kappa shape index (κ3) is 2.85. The van der Waals surface area contributed by atoms with Crippen LogP contribution in [0.25, 0.3) is 10.9 Å². The Morgan fingerprint density at radius 3 is 2.43 bits per heavy atom. The van der Waals surface area contributed by atoms with Gasteiger partial charge < -0.3 is 19.9 Å². The molecule has 23 heavy (non-hydrogen) atoms. The van der Waals surface area contributed by atoms with E-state index in [0.29, 0.717) is 11.5 Å². The molecule has 3 aromatic rings. The SMILES string of the molecule is COc1cc2nccc(Nc3ccc(C)c(O)c3)c2cc1OC. The predicted octanol–water partition coefficient (Wildman–Crippen LogP) is 4.01. The Labute approximate surface area is 134 Å². The van der Waals surface area contributed by atoms with Crippen LogP contribution in [0.5, 0.6) is 17.2 Å². The second kappa shape index (κ2) is 6.04. The van der Waals surface area contributed by atoms with Crippen LogP contribution in [0, 0.1) is 6.92 Å². The van der Waals surface area contributed by atoms with E-state index in [1.54, 1.807) is 26.5 Å². The molecule has 0 amide bonds. The smallest absolute Gasteiger partial charge is 0.162 e. The number of pyridine rings is 1. The van der Waals surface area contributed by atoms with Gasteiger partial charge in [-0.1, -0.05) is 6.07 Å². The normalized spacial score (nSPS) is 10.6. The molecule has 0 radical (unpaired) electrons. The lowest BCUT2D eigenvalue weighted by atomic mass is 10.1. The second-order valence-electron chi connectivity index (χ2n) is 5.21. The Morgan fingerprint density at radius 1 is 1.00 bits per heavy atom. The maximum Gasteiger partial charge on any atom is 0.162 e. The molecule has 0 unspecified atom stereocenters. The lowest BCUT2D eigenvalue weighted by molar-refractivity contribution is 0.356. The van der Waals surface area contributed by atoms with E-state index in [1.807, 2.05) is 37.3 Å². The zero-order chi connectivity index (χ0) is 16.4. The first-order valence-corrected chi connectivity index (χ1v) is 7.19. The molecule has 0 spiro atoms. The number of hydrogen-bond donors (Lipinski definition) is 2. The minimum absolute atomic E-state index is 0.257. The summed E-state index contributed by atoms with van der Waals surface area (Å²) in [6, 6.07) is 11.1. The first kappa shape index (κ1) is 15.0. The molecule has 0 bridgehead atoms. The average Bonchev–Trinajstić information content (AvgIpc) is 2.57. The number of nitrogens with one attached hydrogen (secondary N) is 1. The van der Waals surface area contributed by atoms with Crippen LogP contribution in [0.3, 0.4) is 0 Å². The van der Waals surface area contributed by atoms with E-state index >= 15 is 0 Å². The number of hydrogen-bond acceptors (Lipinski definition) is 5. The number of phenolic OH excluding ortho intramolecular Hbond substituents is 1. The number of ether oxygens (including phenoxy) is 2. The highest BCUT2D eigenvalue weighted by Crippen LogP contribution is 2.35. The van der Waals surface area contributed by atoms with Crippen LogP contribution in [-0.2, 0) is 0 Å². The molecule has 1 heterocycles. The molecule has 1 aromatic heterocycles. The van der Waals surface area contributed by atoms with Crippen LogP contribution in [0.2, 0.25) is 0 Å². The van der Waals surface area contributed by atoms with E-state index in [9.17, 15) is 5.11 Å². The monoisotopic (exact) mass is 310 g/mol. The minimum atomic E-state index is 0.257. The summed E-state index contributed by atoms with van der Waals surface area (Å²) in [5.74, 6) is 1.54. The molecule has 2 aromatic carbocycles. The number of fused-ring (bicyclic) bond motifs is 1. The van der Waals surface area contributed by atoms with Gasteiger partial charge in [-0.3, -0.25) is 4.98 Å². The lowest BCUT2D eigenvalue weighted by Crippen LogP contribution is -1.95. The molecule has 0 fully saturated rings. The van der Waals surface area contributed by atoms with Gasteiger partial charge in [0.25, 0.3) is 0 Å². The third-order valence-corrected chi connectivity index (χ3v) is 3.74. The molecule has 5 nitrogen and oxygen atoms in total. The van der Waals surface area contributed by atoms with Gasteiger partial charge in [-0.05, 0) is 30.7 Å². The Kier molecular flexibility index (Phi) is 3.93. The Bertz CT molecular complexity index is 862. The predicted molar refractivity (Wildman–Crippen MR) is 91.0 cm³/mol. The molecule has 0 aliphatic carbocycles. The zero-order valence-corrected chi connectivity index (χ0v) is 13.3. The van der Waals surface area contributed by atoms with Crippen molar-refractivity contribution in [2.75, 3.05) is 19.5 Å². The maximum absolute atomic E-state index is 9.85. The van der Waals surface area contributed by atoms with Crippen LogP contribution < -0.4 is 14.8 Å². The first-order chi connectivity index (χ1) is 11.1. The summed E-state index contributed by atoms with van der Waals surface area (Å²) in [4.78, 5) is 4.37. The standard InChI is InChI=1S/C18H18N2O3/c1-11-4-5-12(8-16(11)21)20-14-6-7-19-15-10-18(23-3)17(22-2)9-13(14)15/h4-10,21H,1-3H3,(H,19,20). The third-order valence-electron chi connectivity index (χ3n) is 3.74. The van der Waals surface area contributed by atoms with Crippen LogP contribution in [0.15, 0.2) is 42.6 Å². The Balaban J connectivity index is 2.08. The summed E-state index contributed by atoms with van der Waals surface area (Å²) in [7, 11) is 3.20. The minimum Gasteiger partial charge on any atom is -0.508 e. The fourth-order valence-corrected chi connectivity index (χ4v) is 2.42. The number of rotatable bonds is 4. The van der Waals surface area contributed by atoms with Gasteiger partial charge in [-0.25, -0.2) is 0 Å². The number of phenols is 1. The van der Waals surface area contributed by atoms with Crippen molar-refractivity contribution in [3.8, 4) is 17.2 Å². The number of aryl methyl sites for hydroxylation is 1. The molecule has 2 N–H and O–H groups in total. The van der Waals surface area contributed by atoms with Crippen LogP contribution >= 0.6 is 0 Å². The highest BCUT2D eigenvalue weighted by atomic mass is 16.5. The lowest BCUT2D eigenvalue weighted by Gasteiger charge is -2.13. The zero-order valence-electron chi connectivity index (χ0n) is 13.3. The molecule has 0 atom stereocenters. The van der Waals surface area contributed by atoms with Crippen molar-refractivity contribution < 1.29 is 14.6 Å². The van der Waals surface area contributed by atoms with Gasteiger partial charge in [0, 0.05) is 35.1 Å². The largest absolute Gasteiger partial charge is 0.508 e. The van der Waals surface area contributed by atoms with Gasteiger partial charge in [-0.2, -0.15) is 0 Å². The summed E-state index contributed by atoms with van der Waals surface area (Å²) in [5.41, 5.74) is 3.31. The number of methoxy groups -OCH3 is 2. The van der Waals surface area contributed by atoms with Crippen molar-refractivity contribution in [1.29, 1.82) is 0 Å². The topological polar surface area (TPSA) is 63.6 Å². The van der Waals surface area contributed by atoms with Gasteiger partial charge in [0.15, 0.2) is 11.5 Å². The van der Waals surface area contributed by atoms with E-state index in [-0.39, 0.29) is 5.75 Å². The number of aromatic hydroxyl groups is 1. The molecule has 0 saturated carbocycles. The maximum atomic E-state index is 9.85. The molecular weight excluding hydrogens is 292 g/mol. The van der Waals surface area contributed by atoms with Gasteiger partial charge in [0.05, 0.1) is 19.7 Å². The quantitative estimate of drug-likeness (QED) is 0.762. The van der Waals surface area contributed by atoms with E-state index in [2.05, 4.69) is 10.3 Å². The second-order valence-corrected chi connectivity index (χ2v) is 5.21. The molecular formula is C18H18N2O3. The summed E-state index contributed by atoms with van der Waals surface area (Å²) in [5, 5.41) is 14.1. The summed E-state index contributed by atoms with van der Waals surface area (Å²) >= 11 is 0. The average molecular weight is 310 g/mol. The van der Waals surface area contributed by atoms with E-state index in [1.165, 1.54) is 0 Å². The highest BCUT2D eigenvalue weighted by Gasteiger charge is 2.10. The van der Waals surface area contributed by atoms with Gasteiger partial charge in [0.2, 0.25) is 0 Å². The van der Waals surface area contributed by atoms with E-state index < -0.39 is 0 Å². The number of nitrogens with zero attached hydrogens (tertiary/aromatic N) is 1. The number of benzene rings is 2. The van der Waals surface area contributed by atoms with Gasteiger partial charge >= 0.3 is 0 Å². The number of anilines is 2. The summed E-state index contributed by atoms with van der Waals surface area (Å²) < 4.78 is 10.7. The molecule has 3 rings (SSSR count). The van der Waals surface area contributed by atoms with Crippen LogP contribution in [0.1, 0.15) is 5.56 Å². The molecule has 0 aliphatic rings. The summed E-state index contributed by atoms with van der Waals surface area (Å²) in [6.07, 6.45) is 1.73. The van der Waals surface area contributed by atoms with Crippen LogP contribution in [0.4, 0.5) is 11.4 Å². The molecule has 0 aliphatic heterocycles. The van der Waals surface area contributed by atoms with Crippen molar-refractivity contribution in [3.05, 3.63) is 48.2 Å². The van der Waals surface area contributed by atoms with Crippen molar-refractivity contribution >= 4 is 22.3 Å². The van der Waals surface area contributed by atoms with Crippen molar-refractivity contribution in [1.82, 2.24) is 4.98 Å². The van der Waals surface area contributed by atoms with Crippen molar-refractivity contribution in [3.63, 3.8) is 0 Å². The van der Waals surface area contributed by atoms with Crippen molar-refractivity contribution in [2.24, 2.45) is 0 Å².